The van der Waals surface area contributed by atoms with Gasteiger partial charge in [-0.05, 0) is 31.4 Å². The standard InChI is InChI=1S/C14H20N2O/c1-10-3-4-11(2)12(7-10)8-15-13-5-6-14(17)16-9-13/h3-4,7,13,15H,5-6,8-9H2,1-2H3,(H,16,17). The van der Waals surface area contributed by atoms with Gasteiger partial charge in [0, 0.05) is 25.6 Å². The Morgan fingerprint density at radius 1 is 1.41 bits per heavy atom. The Morgan fingerprint density at radius 3 is 2.94 bits per heavy atom. The average molecular weight is 232 g/mol. The first-order chi connectivity index (χ1) is 8.15. The molecule has 1 unspecified atom stereocenters. The van der Waals surface area contributed by atoms with Crippen molar-refractivity contribution in [3.8, 4) is 0 Å². The van der Waals surface area contributed by atoms with Crippen LogP contribution in [0.1, 0.15) is 29.5 Å². The molecule has 0 spiro atoms. The summed E-state index contributed by atoms with van der Waals surface area (Å²) in [6, 6.07) is 6.94. The quantitative estimate of drug-likeness (QED) is 0.832. The zero-order valence-electron chi connectivity index (χ0n) is 10.5. The van der Waals surface area contributed by atoms with E-state index in [1.807, 2.05) is 0 Å². The lowest BCUT2D eigenvalue weighted by atomic mass is 10.0. The second-order valence-corrected chi connectivity index (χ2v) is 4.85. The molecule has 1 aliphatic rings. The molecule has 1 heterocycles. The lowest BCUT2D eigenvalue weighted by molar-refractivity contribution is -0.122. The first kappa shape index (κ1) is 12.1. The van der Waals surface area contributed by atoms with E-state index in [9.17, 15) is 4.79 Å². The van der Waals surface area contributed by atoms with Gasteiger partial charge in [0.05, 0.1) is 0 Å². The molecule has 0 saturated carbocycles. The Balaban J connectivity index is 1.89. The fraction of sp³-hybridized carbons (Fsp3) is 0.500. The predicted molar refractivity (Wildman–Crippen MR) is 68.8 cm³/mol. The summed E-state index contributed by atoms with van der Waals surface area (Å²) in [7, 11) is 0. The SMILES string of the molecule is Cc1ccc(C)c(CNC2CCC(=O)NC2)c1. The number of aryl methyl sites for hydroxylation is 2. The molecule has 1 amide bonds. The van der Waals surface area contributed by atoms with Crippen molar-refractivity contribution >= 4 is 5.91 Å². The zero-order valence-corrected chi connectivity index (χ0v) is 10.5. The Hall–Kier alpha value is -1.35. The monoisotopic (exact) mass is 232 g/mol. The van der Waals surface area contributed by atoms with Gasteiger partial charge in [-0.3, -0.25) is 4.79 Å². The van der Waals surface area contributed by atoms with Crippen LogP contribution < -0.4 is 10.6 Å². The molecule has 0 bridgehead atoms. The minimum Gasteiger partial charge on any atom is -0.355 e. The zero-order chi connectivity index (χ0) is 12.3. The maximum absolute atomic E-state index is 11.0. The third-order valence-corrected chi connectivity index (χ3v) is 3.35. The van der Waals surface area contributed by atoms with E-state index in [-0.39, 0.29) is 5.91 Å². The summed E-state index contributed by atoms with van der Waals surface area (Å²) in [5, 5.41) is 6.40. The number of hydrogen-bond acceptors (Lipinski definition) is 2. The lowest BCUT2D eigenvalue weighted by Gasteiger charge is -2.24. The molecule has 2 rings (SSSR count). The molecule has 92 valence electrons. The van der Waals surface area contributed by atoms with Gasteiger partial charge in [-0.25, -0.2) is 0 Å². The summed E-state index contributed by atoms with van der Waals surface area (Å²) >= 11 is 0. The highest BCUT2D eigenvalue weighted by Gasteiger charge is 2.17. The first-order valence-electron chi connectivity index (χ1n) is 6.21. The lowest BCUT2D eigenvalue weighted by Crippen LogP contribution is -2.45. The second kappa shape index (κ2) is 5.32. The van der Waals surface area contributed by atoms with E-state index < -0.39 is 0 Å². The van der Waals surface area contributed by atoms with E-state index >= 15 is 0 Å². The smallest absolute Gasteiger partial charge is 0.220 e. The van der Waals surface area contributed by atoms with Gasteiger partial charge >= 0.3 is 0 Å². The second-order valence-electron chi connectivity index (χ2n) is 4.85. The maximum Gasteiger partial charge on any atom is 0.220 e. The normalized spacial score (nSPS) is 20.1. The summed E-state index contributed by atoms with van der Waals surface area (Å²) in [6.45, 7) is 5.89. The molecule has 1 aliphatic heterocycles. The Labute approximate surface area is 103 Å². The number of hydrogen-bond donors (Lipinski definition) is 2. The summed E-state index contributed by atoms with van der Waals surface area (Å²) < 4.78 is 0. The van der Waals surface area contributed by atoms with Crippen molar-refractivity contribution in [1.82, 2.24) is 10.6 Å². The van der Waals surface area contributed by atoms with Gasteiger partial charge in [0.25, 0.3) is 0 Å². The first-order valence-corrected chi connectivity index (χ1v) is 6.21. The van der Waals surface area contributed by atoms with Crippen LogP contribution in [0.5, 0.6) is 0 Å². The minimum atomic E-state index is 0.176. The van der Waals surface area contributed by atoms with Gasteiger partial charge in [-0.15, -0.1) is 0 Å². The highest BCUT2D eigenvalue weighted by molar-refractivity contribution is 5.76. The summed E-state index contributed by atoms with van der Waals surface area (Å²) in [4.78, 5) is 11.0. The highest BCUT2D eigenvalue weighted by atomic mass is 16.1. The van der Waals surface area contributed by atoms with Crippen LogP contribution in [0, 0.1) is 13.8 Å². The van der Waals surface area contributed by atoms with Crippen molar-refractivity contribution < 1.29 is 4.79 Å². The largest absolute Gasteiger partial charge is 0.355 e. The molecular weight excluding hydrogens is 212 g/mol. The van der Waals surface area contributed by atoms with Gasteiger partial charge < -0.3 is 10.6 Å². The highest BCUT2D eigenvalue weighted by Crippen LogP contribution is 2.11. The fourth-order valence-corrected chi connectivity index (χ4v) is 2.15. The van der Waals surface area contributed by atoms with Crippen molar-refractivity contribution in [2.45, 2.75) is 39.3 Å². The van der Waals surface area contributed by atoms with E-state index in [1.165, 1.54) is 16.7 Å². The van der Waals surface area contributed by atoms with Gasteiger partial charge in [0.15, 0.2) is 0 Å². The van der Waals surface area contributed by atoms with Crippen LogP contribution in [0.15, 0.2) is 18.2 Å². The van der Waals surface area contributed by atoms with Crippen LogP contribution in [-0.4, -0.2) is 18.5 Å². The molecule has 0 aliphatic carbocycles. The van der Waals surface area contributed by atoms with Gasteiger partial charge in [0.2, 0.25) is 5.91 Å². The van der Waals surface area contributed by atoms with Crippen molar-refractivity contribution in [1.29, 1.82) is 0 Å². The molecule has 0 aromatic heterocycles. The maximum atomic E-state index is 11.0. The molecule has 17 heavy (non-hydrogen) atoms. The van der Waals surface area contributed by atoms with Crippen molar-refractivity contribution in [3.63, 3.8) is 0 Å². The van der Waals surface area contributed by atoms with Crippen LogP contribution in [0.2, 0.25) is 0 Å². The van der Waals surface area contributed by atoms with E-state index in [0.29, 0.717) is 12.5 Å². The van der Waals surface area contributed by atoms with Gasteiger partial charge in [-0.1, -0.05) is 23.8 Å². The number of amides is 1. The molecule has 1 aromatic rings. The summed E-state index contributed by atoms with van der Waals surface area (Å²) in [5.74, 6) is 0.176. The number of benzene rings is 1. The Bertz CT molecular complexity index is 405. The predicted octanol–water partition coefficient (Wildman–Crippen LogP) is 1.67. The summed E-state index contributed by atoms with van der Waals surface area (Å²) in [5.41, 5.74) is 3.97. The average Bonchev–Trinajstić information content (AvgIpc) is 2.32. The van der Waals surface area contributed by atoms with Crippen molar-refractivity contribution in [2.75, 3.05) is 6.54 Å². The van der Waals surface area contributed by atoms with Crippen LogP contribution >= 0.6 is 0 Å². The topological polar surface area (TPSA) is 41.1 Å². The number of nitrogens with one attached hydrogen (secondary N) is 2. The molecular formula is C14H20N2O. The van der Waals surface area contributed by atoms with E-state index in [4.69, 9.17) is 0 Å². The van der Waals surface area contributed by atoms with Crippen LogP contribution in [0.4, 0.5) is 0 Å². The molecule has 1 saturated heterocycles. The molecule has 0 radical (unpaired) electrons. The van der Waals surface area contributed by atoms with E-state index in [0.717, 1.165) is 19.5 Å². The van der Waals surface area contributed by atoms with Crippen molar-refractivity contribution in [3.05, 3.63) is 34.9 Å². The summed E-state index contributed by atoms with van der Waals surface area (Å²) in [6.07, 6.45) is 1.58. The van der Waals surface area contributed by atoms with Crippen molar-refractivity contribution in [2.24, 2.45) is 0 Å². The molecule has 3 nitrogen and oxygen atoms in total. The van der Waals surface area contributed by atoms with Crippen LogP contribution in [0.25, 0.3) is 0 Å². The van der Waals surface area contributed by atoms with Crippen LogP contribution in [-0.2, 0) is 11.3 Å². The third kappa shape index (κ3) is 3.30. The van der Waals surface area contributed by atoms with E-state index in [1.54, 1.807) is 0 Å². The molecule has 1 aromatic carbocycles. The van der Waals surface area contributed by atoms with Crippen LogP contribution in [0.3, 0.4) is 0 Å². The molecule has 3 heteroatoms. The fourth-order valence-electron chi connectivity index (χ4n) is 2.15. The molecule has 2 N–H and O–H groups in total. The van der Waals surface area contributed by atoms with E-state index in [2.05, 4.69) is 42.7 Å². The molecule has 1 fully saturated rings. The number of carbonyl (C=O) groups excluding carboxylic acids is 1. The Kier molecular flexibility index (Phi) is 3.79. The molecule has 1 atom stereocenters. The number of carbonyl (C=O) groups is 1. The number of piperidine rings is 1. The Morgan fingerprint density at radius 2 is 2.24 bits per heavy atom. The number of rotatable bonds is 3. The minimum absolute atomic E-state index is 0.176. The van der Waals surface area contributed by atoms with Gasteiger partial charge in [-0.2, -0.15) is 0 Å². The van der Waals surface area contributed by atoms with Gasteiger partial charge in [0.1, 0.15) is 0 Å². The third-order valence-electron chi connectivity index (χ3n) is 3.35.